The number of carbonyl (C=O) groups is 1. The number of rotatable bonds is 3. The molecule has 0 radical (unpaired) electrons. The van der Waals surface area contributed by atoms with Crippen LogP contribution in [0.2, 0.25) is 0 Å². The fourth-order valence-corrected chi connectivity index (χ4v) is 3.56. The number of amides is 2. The third-order valence-corrected chi connectivity index (χ3v) is 4.83. The maximum atomic E-state index is 12.5. The number of pyridine rings is 1. The van der Waals surface area contributed by atoms with E-state index in [9.17, 15) is 4.79 Å². The second kappa shape index (κ2) is 7.21. The monoisotopic (exact) mass is 338 g/mol. The Kier molecular flexibility index (Phi) is 4.63. The molecule has 2 aliphatic heterocycles. The standard InChI is InChI=1S/C19H22N4O2/c24-19(21-18-8-4-5-9-20-18)23-13-16-17(14-23)25-11-10-22(16)12-15-6-2-1-3-7-15/h1-9,16-17H,10-14H2,(H,20,21,24)/t16-,17-/m0/s1. The van der Waals surface area contributed by atoms with E-state index < -0.39 is 0 Å². The molecule has 0 aliphatic carbocycles. The lowest BCUT2D eigenvalue weighted by molar-refractivity contribution is -0.0503. The van der Waals surface area contributed by atoms with E-state index in [-0.39, 0.29) is 18.2 Å². The summed E-state index contributed by atoms with van der Waals surface area (Å²) in [5.41, 5.74) is 1.29. The van der Waals surface area contributed by atoms with Gasteiger partial charge in [-0.1, -0.05) is 36.4 Å². The molecular weight excluding hydrogens is 316 g/mol. The Bertz CT molecular complexity index is 710. The van der Waals surface area contributed by atoms with Gasteiger partial charge in [0, 0.05) is 25.8 Å². The number of nitrogens with one attached hydrogen (secondary N) is 1. The molecule has 2 fully saturated rings. The molecule has 2 aliphatic rings. The fraction of sp³-hybridized carbons (Fsp3) is 0.368. The van der Waals surface area contributed by atoms with Crippen molar-refractivity contribution >= 4 is 11.8 Å². The Hall–Kier alpha value is -2.44. The molecule has 3 heterocycles. The largest absolute Gasteiger partial charge is 0.373 e. The van der Waals surface area contributed by atoms with E-state index in [1.54, 1.807) is 12.3 Å². The van der Waals surface area contributed by atoms with Gasteiger partial charge in [-0.2, -0.15) is 0 Å². The van der Waals surface area contributed by atoms with Crippen LogP contribution in [-0.2, 0) is 11.3 Å². The van der Waals surface area contributed by atoms with Crippen molar-refractivity contribution in [2.45, 2.75) is 18.7 Å². The summed E-state index contributed by atoms with van der Waals surface area (Å²) in [6.07, 6.45) is 1.75. The molecule has 1 aromatic carbocycles. The number of ether oxygens (including phenoxy) is 1. The van der Waals surface area contributed by atoms with E-state index in [2.05, 4.69) is 39.5 Å². The SMILES string of the molecule is O=C(Nc1ccccn1)N1C[C@@H]2OCCN(Cc3ccccc3)[C@H]2C1. The van der Waals surface area contributed by atoms with Crippen molar-refractivity contribution < 1.29 is 9.53 Å². The first-order chi connectivity index (χ1) is 12.3. The second-order valence-electron chi connectivity index (χ2n) is 6.48. The molecular formula is C19H22N4O2. The van der Waals surface area contributed by atoms with E-state index in [0.29, 0.717) is 25.5 Å². The molecule has 6 heteroatoms. The van der Waals surface area contributed by atoms with Crippen LogP contribution >= 0.6 is 0 Å². The van der Waals surface area contributed by atoms with Gasteiger partial charge in [0.15, 0.2) is 0 Å². The summed E-state index contributed by atoms with van der Waals surface area (Å²) < 4.78 is 5.92. The topological polar surface area (TPSA) is 57.7 Å². The lowest BCUT2D eigenvalue weighted by Crippen LogP contribution is -2.50. The first kappa shape index (κ1) is 16.1. The number of aromatic nitrogens is 1. The average molecular weight is 338 g/mol. The Balaban J connectivity index is 1.41. The van der Waals surface area contributed by atoms with E-state index in [4.69, 9.17) is 4.74 Å². The highest BCUT2D eigenvalue weighted by Gasteiger charge is 2.41. The molecule has 1 N–H and O–H groups in total. The number of fused-ring (bicyclic) bond motifs is 1. The predicted octanol–water partition coefficient (Wildman–Crippen LogP) is 2.20. The van der Waals surface area contributed by atoms with Crippen molar-refractivity contribution in [1.29, 1.82) is 0 Å². The van der Waals surface area contributed by atoms with Crippen LogP contribution in [0.25, 0.3) is 0 Å². The Morgan fingerprint density at radius 1 is 1.16 bits per heavy atom. The molecule has 130 valence electrons. The molecule has 6 nitrogen and oxygen atoms in total. The summed E-state index contributed by atoms with van der Waals surface area (Å²) in [5.74, 6) is 0.574. The van der Waals surface area contributed by atoms with Gasteiger partial charge in [0.05, 0.1) is 25.3 Å². The highest BCUT2D eigenvalue weighted by molar-refractivity contribution is 5.88. The molecule has 0 bridgehead atoms. The number of nitrogens with zero attached hydrogens (tertiary/aromatic N) is 3. The molecule has 2 atom stereocenters. The molecule has 0 spiro atoms. The zero-order chi connectivity index (χ0) is 17.1. The van der Waals surface area contributed by atoms with Crippen LogP contribution in [0.1, 0.15) is 5.56 Å². The molecule has 0 unspecified atom stereocenters. The van der Waals surface area contributed by atoms with Gasteiger partial charge in [-0.05, 0) is 17.7 Å². The first-order valence-electron chi connectivity index (χ1n) is 8.66. The summed E-state index contributed by atoms with van der Waals surface area (Å²) in [4.78, 5) is 20.9. The smallest absolute Gasteiger partial charge is 0.323 e. The number of benzene rings is 1. The lowest BCUT2D eigenvalue weighted by Gasteiger charge is -2.36. The predicted molar refractivity (Wildman–Crippen MR) is 95.2 cm³/mol. The first-order valence-corrected chi connectivity index (χ1v) is 8.66. The van der Waals surface area contributed by atoms with Crippen LogP contribution in [0.5, 0.6) is 0 Å². The van der Waals surface area contributed by atoms with Crippen LogP contribution in [0, 0.1) is 0 Å². The second-order valence-corrected chi connectivity index (χ2v) is 6.48. The molecule has 25 heavy (non-hydrogen) atoms. The van der Waals surface area contributed by atoms with Crippen molar-refractivity contribution in [3.8, 4) is 0 Å². The summed E-state index contributed by atoms with van der Waals surface area (Å²) >= 11 is 0. The normalized spacial score (nSPS) is 23.3. The Morgan fingerprint density at radius 2 is 2.00 bits per heavy atom. The third-order valence-electron chi connectivity index (χ3n) is 4.83. The number of hydrogen-bond acceptors (Lipinski definition) is 4. The van der Waals surface area contributed by atoms with Crippen molar-refractivity contribution in [2.75, 3.05) is 31.6 Å². The number of hydrogen-bond donors (Lipinski definition) is 1. The summed E-state index contributed by atoms with van der Waals surface area (Å²) in [6, 6.07) is 16.1. The molecule has 1 aromatic heterocycles. The van der Waals surface area contributed by atoms with Gasteiger partial charge in [0.25, 0.3) is 0 Å². The van der Waals surface area contributed by atoms with Gasteiger partial charge in [0.2, 0.25) is 0 Å². The van der Waals surface area contributed by atoms with E-state index in [0.717, 1.165) is 13.1 Å². The minimum absolute atomic E-state index is 0.0759. The van der Waals surface area contributed by atoms with Gasteiger partial charge in [0.1, 0.15) is 5.82 Å². The highest BCUT2D eigenvalue weighted by atomic mass is 16.5. The van der Waals surface area contributed by atoms with E-state index >= 15 is 0 Å². The lowest BCUT2D eigenvalue weighted by atomic mass is 10.1. The average Bonchev–Trinajstić information content (AvgIpc) is 3.09. The van der Waals surface area contributed by atoms with Gasteiger partial charge >= 0.3 is 6.03 Å². The van der Waals surface area contributed by atoms with Crippen molar-refractivity contribution in [3.63, 3.8) is 0 Å². The number of morpholine rings is 1. The van der Waals surface area contributed by atoms with Crippen LogP contribution in [0.4, 0.5) is 10.6 Å². The molecule has 2 aromatic rings. The van der Waals surface area contributed by atoms with Crippen LogP contribution in [0.15, 0.2) is 54.7 Å². The summed E-state index contributed by atoms with van der Waals surface area (Å²) in [6.45, 7) is 3.79. The van der Waals surface area contributed by atoms with Gasteiger partial charge in [-0.3, -0.25) is 10.2 Å². The van der Waals surface area contributed by atoms with E-state index in [1.165, 1.54) is 5.56 Å². The summed E-state index contributed by atoms with van der Waals surface area (Å²) in [5, 5.41) is 2.86. The molecule has 2 amide bonds. The molecule has 4 rings (SSSR count). The zero-order valence-corrected chi connectivity index (χ0v) is 14.0. The highest BCUT2D eigenvalue weighted by Crippen LogP contribution is 2.25. The van der Waals surface area contributed by atoms with Gasteiger partial charge in [-0.25, -0.2) is 9.78 Å². The van der Waals surface area contributed by atoms with Crippen LogP contribution in [-0.4, -0.2) is 59.2 Å². The quantitative estimate of drug-likeness (QED) is 0.932. The van der Waals surface area contributed by atoms with Crippen molar-refractivity contribution in [3.05, 3.63) is 60.3 Å². The number of carbonyl (C=O) groups excluding carboxylic acids is 1. The zero-order valence-electron chi connectivity index (χ0n) is 14.0. The minimum atomic E-state index is -0.114. The van der Waals surface area contributed by atoms with Gasteiger partial charge < -0.3 is 9.64 Å². The summed E-state index contributed by atoms with van der Waals surface area (Å²) in [7, 11) is 0. The number of urea groups is 1. The fourth-order valence-electron chi connectivity index (χ4n) is 3.56. The maximum absolute atomic E-state index is 12.5. The van der Waals surface area contributed by atoms with Gasteiger partial charge in [-0.15, -0.1) is 0 Å². The van der Waals surface area contributed by atoms with Crippen LogP contribution in [0.3, 0.4) is 0 Å². The Labute approximate surface area is 147 Å². The number of likely N-dealkylation sites (tertiary alicyclic amines) is 1. The minimum Gasteiger partial charge on any atom is -0.373 e. The molecule has 2 saturated heterocycles. The maximum Gasteiger partial charge on any atom is 0.323 e. The number of anilines is 1. The van der Waals surface area contributed by atoms with Crippen LogP contribution < -0.4 is 5.32 Å². The Morgan fingerprint density at radius 3 is 2.80 bits per heavy atom. The third kappa shape index (κ3) is 3.65. The van der Waals surface area contributed by atoms with E-state index in [1.807, 2.05) is 23.1 Å². The molecule has 0 saturated carbocycles. The van der Waals surface area contributed by atoms with Crippen molar-refractivity contribution in [1.82, 2.24) is 14.8 Å². The van der Waals surface area contributed by atoms with Crippen molar-refractivity contribution in [2.24, 2.45) is 0 Å².